The molecule has 0 aliphatic heterocycles. The lowest BCUT2D eigenvalue weighted by Gasteiger charge is -2.14. The van der Waals surface area contributed by atoms with Crippen molar-refractivity contribution in [2.45, 2.75) is 33.7 Å². The molecular weight excluding hydrogens is 312 g/mol. The molecule has 130 valence electrons. The standard InChI is InChI=1S/C20H24N4O/c1-14(13-24-16(3)10-15(2)23-24)12-22-19(25)11-18-7-4-6-17-8-5-9-21-20(17)18/h4-10,14H,11-13H2,1-3H3,(H,22,25)/t14-/m0/s1. The molecule has 0 aliphatic rings. The number of rotatable bonds is 6. The molecule has 0 unspecified atom stereocenters. The van der Waals surface area contributed by atoms with Crippen LogP contribution in [0.15, 0.2) is 42.6 Å². The SMILES string of the molecule is Cc1cc(C)n(C[C@@H](C)CNC(=O)Cc2cccc3cccnc23)n1. The molecule has 2 heterocycles. The first-order valence-corrected chi connectivity index (χ1v) is 8.63. The topological polar surface area (TPSA) is 59.8 Å². The number of amides is 1. The minimum Gasteiger partial charge on any atom is -0.355 e. The summed E-state index contributed by atoms with van der Waals surface area (Å²) in [4.78, 5) is 16.7. The number of nitrogens with zero attached hydrogens (tertiary/aromatic N) is 3. The van der Waals surface area contributed by atoms with Crippen LogP contribution in [0.4, 0.5) is 0 Å². The zero-order valence-electron chi connectivity index (χ0n) is 15.0. The fraction of sp³-hybridized carbons (Fsp3) is 0.350. The number of aromatic nitrogens is 3. The van der Waals surface area contributed by atoms with Gasteiger partial charge in [0.15, 0.2) is 0 Å². The van der Waals surface area contributed by atoms with Gasteiger partial charge in [0, 0.05) is 30.4 Å². The summed E-state index contributed by atoms with van der Waals surface area (Å²) < 4.78 is 2.00. The maximum absolute atomic E-state index is 12.3. The second-order valence-electron chi connectivity index (χ2n) is 6.69. The average molecular weight is 336 g/mol. The van der Waals surface area contributed by atoms with Gasteiger partial charge in [-0.25, -0.2) is 0 Å². The lowest BCUT2D eigenvalue weighted by molar-refractivity contribution is -0.120. The summed E-state index contributed by atoms with van der Waals surface area (Å²) >= 11 is 0. The molecule has 25 heavy (non-hydrogen) atoms. The van der Waals surface area contributed by atoms with Crippen LogP contribution in [0.25, 0.3) is 10.9 Å². The summed E-state index contributed by atoms with van der Waals surface area (Å²) in [5, 5.41) is 8.57. The van der Waals surface area contributed by atoms with E-state index in [9.17, 15) is 4.79 Å². The third-order valence-corrected chi connectivity index (χ3v) is 4.30. The Morgan fingerprint density at radius 3 is 2.80 bits per heavy atom. The molecule has 3 rings (SSSR count). The number of pyridine rings is 1. The Morgan fingerprint density at radius 2 is 2.04 bits per heavy atom. The fourth-order valence-corrected chi connectivity index (χ4v) is 3.05. The van der Waals surface area contributed by atoms with E-state index in [1.165, 1.54) is 0 Å². The van der Waals surface area contributed by atoms with Gasteiger partial charge in [0.1, 0.15) is 0 Å². The van der Waals surface area contributed by atoms with Crippen LogP contribution in [-0.4, -0.2) is 27.2 Å². The molecule has 0 bridgehead atoms. The van der Waals surface area contributed by atoms with E-state index in [0.29, 0.717) is 18.9 Å². The summed E-state index contributed by atoms with van der Waals surface area (Å²) in [6.07, 6.45) is 2.11. The quantitative estimate of drug-likeness (QED) is 0.753. The van der Waals surface area contributed by atoms with E-state index in [1.807, 2.05) is 41.9 Å². The first kappa shape index (κ1) is 17.1. The summed E-state index contributed by atoms with van der Waals surface area (Å²) in [7, 11) is 0. The highest BCUT2D eigenvalue weighted by Gasteiger charge is 2.11. The maximum atomic E-state index is 12.3. The molecule has 1 aromatic carbocycles. The van der Waals surface area contributed by atoms with E-state index in [4.69, 9.17) is 0 Å². The zero-order valence-corrected chi connectivity index (χ0v) is 15.0. The number of carbonyl (C=O) groups excluding carboxylic acids is 1. The molecule has 0 spiro atoms. The number of fused-ring (bicyclic) bond motifs is 1. The molecule has 0 radical (unpaired) electrons. The largest absolute Gasteiger partial charge is 0.355 e. The first-order valence-electron chi connectivity index (χ1n) is 8.63. The number of hydrogen-bond acceptors (Lipinski definition) is 3. The van der Waals surface area contributed by atoms with Gasteiger partial charge >= 0.3 is 0 Å². The summed E-state index contributed by atoms with van der Waals surface area (Å²) in [5.74, 6) is 0.339. The summed E-state index contributed by atoms with van der Waals surface area (Å²) in [6, 6.07) is 11.9. The lowest BCUT2D eigenvalue weighted by atomic mass is 10.1. The predicted octanol–water partition coefficient (Wildman–Crippen LogP) is 3.04. The fourth-order valence-electron chi connectivity index (χ4n) is 3.05. The van der Waals surface area contributed by atoms with E-state index in [2.05, 4.69) is 35.3 Å². The second kappa shape index (κ2) is 7.47. The highest BCUT2D eigenvalue weighted by molar-refractivity contribution is 5.87. The van der Waals surface area contributed by atoms with Crippen LogP contribution in [-0.2, 0) is 17.8 Å². The van der Waals surface area contributed by atoms with E-state index >= 15 is 0 Å². The van der Waals surface area contributed by atoms with Crippen molar-refractivity contribution in [2.24, 2.45) is 5.92 Å². The highest BCUT2D eigenvalue weighted by atomic mass is 16.1. The van der Waals surface area contributed by atoms with Crippen LogP contribution >= 0.6 is 0 Å². The van der Waals surface area contributed by atoms with Gasteiger partial charge in [0.25, 0.3) is 0 Å². The molecule has 0 saturated heterocycles. The Morgan fingerprint density at radius 1 is 1.24 bits per heavy atom. The van der Waals surface area contributed by atoms with Crippen molar-refractivity contribution in [3.05, 3.63) is 59.5 Å². The van der Waals surface area contributed by atoms with Crippen molar-refractivity contribution in [1.29, 1.82) is 0 Å². The van der Waals surface area contributed by atoms with Crippen LogP contribution in [0, 0.1) is 19.8 Å². The smallest absolute Gasteiger partial charge is 0.224 e. The Balaban J connectivity index is 1.56. The zero-order chi connectivity index (χ0) is 17.8. The van der Waals surface area contributed by atoms with Gasteiger partial charge in [-0.1, -0.05) is 31.2 Å². The predicted molar refractivity (Wildman–Crippen MR) is 99.3 cm³/mol. The number of benzene rings is 1. The Kier molecular flexibility index (Phi) is 5.12. The summed E-state index contributed by atoms with van der Waals surface area (Å²) in [5.41, 5.74) is 4.03. The van der Waals surface area contributed by atoms with Gasteiger partial charge in [0.2, 0.25) is 5.91 Å². The third kappa shape index (κ3) is 4.24. The van der Waals surface area contributed by atoms with Crippen LogP contribution in [0.2, 0.25) is 0 Å². The normalized spacial score (nSPS) is 12.3. The minimum absolute atomic E-state index is 0.0263. The number of aryl methyl sites for hydroxylation is 2. The van der Waals surface area contributed by atoms with E-state index in [1.54, 1.807) is 6.20 Å². The van der Waals surface area contributed by atoms with Crippen molar-refractivity contribution in [2.75, 3.05) is 6.54 Å². The minimum atomic E-state index is 0.0263. The van der Waals surface area contributed by atoms with Crippen LogP contribution in [0.5, 0.6) is 0 Å². The van der Waals surface area contributed by atoms with Gasteiger partial charge in [-0.2, -0.15) is 5.10 Å². The van der Waals surface area contributed by atoms with Gasteiger partial charge < -0.3 is 5.32 Å². The van der Waals surface area contributed by atoms with Gasteiger partial charge in [-0.3, -0.25) is 14.5 Å². The molecule has 2 aromatic heterocycles. The maximum Gasteiger partial charge on any atom is 0.224 e. The molecule has 5 nitrogen and oxygen atoms in total. The molecule has 0 fully saturated rings. The molecular formula is C20H24N4O. The number of nitrogens with one attached hydrogen (secondary N) is 1. The van der Waals surface area contributed by atoms with Crippen LogP contribution in [0.1, 0.15) is 23.9 Å². The van der Waals surface area contributed by atoms with Gasteiger partial charge in [0.05, 0.1) is 17.6 Å². The average Bonchev–Trinajstić information content (AvgIpc) is 2.90. The molecule has 1 N–H and O–H groups in total. The molecule has 1 atom stereocenters. The first-order chi connectivity index (χ1) is 12.0. The third-order valence-electron chi connectivity index (χ3n) is 4.30. The number of para-hydroxylation sites is 1. The van der Waals surface area contributed by atoms with Crippen molar-refractivity contribution in [3.63, 3.8) is 0 Å². The van der Waals surface area contributed by atoms with Crippen LogP contribution < -0.4 is 5.32 Å². The van der Waals surface area contributed by atoms with Crippen LogP contribution in [0.3, 0.4) is 0 Å². The molecule has 0 saturated carbocycles. The number of carbonyl (C=O) groups is 1. The Bertz CT molecular complexity index is 879. The summed E-state index contributed by atoms with van der Waals surface area (Å²) in [6.45, 7) is 7.61. The van der Waals surface area contributed by atoms with Crippen molar-refractivity contribution in [1.82, 2.24) is 20.1 Å². The number of hydrogen-bond donors (Lipinski definition) is 1. The molecule has 3 aromatic rings. The van der Waals surface area contributed by atoms with E-state index in [-0.39, 0.29) is 5.91 Å². The Hall–Kier alpha value is -2.69. The molecule has 5 heteroatoms. The molecule has 0 aliphatic carbocycles. The highest BCUT2D eigenvalue weighted by Crippen LogP contribution is 2.16. The van der Waals surface area contributed by atoms with Crippen molar-refractivity contribution in [3.8, 4) is 0 Å². The van der Waals surface area contributed by atoms with E-state index < -0.39 is 0 Å². The molecule has 1 amide bonds. The monoisotopic (exact) mass is 336 g/mol. The van der Waals surface area contributed by atoms with Gasteiger partial charge in [-0.15, -0.1) is 0 Å². The van der Waals surface area contributed by atoms with E-state index in [0.717, 1.165) is 34.4 Å². The lowest BCUT2D eigenvalue weighted by Crippen LogP contribution is -2.31. The van der Waals surface area contributed by atoms with Crippen molar-refractivity contribution >= 4 is 16.8 Å². The van der Waals surface area contributed by atoms with Gasteiger partial charge in [-0.05, 0) is 37.5 Å². The second-order valence-corrected chi connectivity index (χ2v) is 6.69. The Labute approximate surface area is 148 Å². The van der Waals surface area contributed by atoms with Crippen molar-refractivity contribution < 1.29 is 4.79 Å².